The summed E-state index contributed by atoms with van der Waals surface area (Å²) in [6.45, 7) is 5.29. The number of likely N-dealkylation sites (tertiary alicyclic amines) is 1. The molecule has 3 fully saturated rings. The van der Waals surface area contributed by atoms with Crippen molar-refractivity contribution in [2.75, 3.05) is 38.2 Å². The topological polar surface area (TPSA) is 67.3 Å². The van der Waals surface area contributed by atoms with Gasteiger partial charge in [-0.3, -0.25) is 4.90 Å². The van der Waals surface area contributed by atoms with E-state index in [1.807, 2.05) is 6.07 Å². The highest BCUT2D eigenvalue weighted by Crippen LogP contribution is 2.40. The van der Waals surface area contributed by atoms with Crippen LogP contribution in [-0.4, -0.2) is 58.1 Å². The summed E-state index contributed by atoms with van der Waals surface area (Å²) in [7, 11) is 1.61. The van der Waals surface area contributed by atoms with Crippen LogP contribution in [0, 0.1) is 11.8 Å². The van der Waals surface area contributed by atoms with E-state index < -0.39 is 0 Å². The quantitative estimate of drug-likeness (QED) is 0.811. The standard InChI is InChI=1S/C19H24N6O/c1-26-19-20-5-4-16(23-19)11-24-7-14-9-25(10-15(14)8-24)18-6-17(13-2-3-13)21-12-22-18/h4-6,12-15H,2-3,7-11H2,1H3. The van der Waals surface area contributed by atoms with Crippen LogP contribution < -0.4 is 9.64 Å². The van der Waals surface area contributed by atoms with Crippen LogP contribution >= 0.6 is 0 Å². The van der Waals surface area contributed by atoms with E-state index in [2.05, 4.69) is 35.8 Å². The van der Waals surface area contributed by atoms with Gasteiger partial charge in [0.25, 0.3) is 0 Å². The Bertz CT molecular complexity index is 781. The Labute approximate surface area is 153 Å². The normalized spacial score (nSPS) is 25.5. The van der Waals surface area contributed by atoms with Crippen LogP contribution in [0.3, 0.4) is 0 Å². The number of aromatic nitrogens is 4. The molecule has 0 spiro atoms. The lowest BCUT2D eigenvalue weighted by Crippen LogP contribution is -2.29. The van der Waals surface area contributed by atoms with Gasteiger partial charge in [0.15, 0.2) is 0 Å². The van der Waals surface area contributed by atoms with E-state index in [9.17, 15) is 0 Å². The molecule has 0 radical (unpaired) electrons. The maximum atomic E-state index is 5.13. The van der Waals surface area contributed by atoms with Gasteiger partial charge in [-0.25, -0.2) is 15.0 Å². The van der Waals surface area contributed by atoms with Gasteiger partial charge in [0.1, 0.15) is 12.1 Å². The highest BCUT2D eigenvalue weighted by atomic mass is 16.5. The second-order valence-electron chi connectivity index (χ2n) is 7.73. The predicted octanol–water partition coefficient (Wildman–Crippen LogP) is 1.72. The number of anilines is 1. The minimum Gasteiger partial charge on any atom is -0.467 e. The molecule has 2 unspecified atom stereocenters. The lowest BCUT2D eigenvalue weighted by Gasteiger charge is -2.22. The molecule has 2 aliphatic heterocycles. The van der Waals surface area contributed by atoms with E-state index in [1.54, 1.807) is 19.6 Å². The Balaban J connectivity index is 1.21. The van der Waals surface area contributed by atoms with Gasteiger partial charge in [-0.15, -0.1) is 0 Å². The zero-order chi connectivity index (χ0) is 17.5. The van der Waals surface area contributed by atoms with Gasteiger partial charge in [0.05, 0.1) is 12.8 Å². The average molecular weight is 352 g/mol. The van der Waals surface area contributed by atoms with Crippen LogP contribution in [0.15, 0.2) is 24.7 Å². The molecular formula is C19H24N6O. The summed E-state index contributed by atoms with van der Waals surface area (Å²) in [5.41, 5.74) is 2.25. The first-order chi connectivity index (χ1) is 12.8. The fraction of sp³-hybridized carbons (Fsp3) is 0.579. The lowest BCUT2D eigenvalue weighted by atomic mass is 10.0. The SMILES string of the molecule is COc1nccc(CN2CC3CN(c4cc(C5CC5)ncn4)CC3C2)n1. The smallest absolute Gasteiger partial charge is 0.316 e. The second-order valence-corrected chi connectivity index (χ2v) is 7.73. The van der Waals surface area contributed by atoms with Gasteiger partial charge >= 0.3 is 6.01 Å². The Morgan fingerprint density at radius 1 is 1.08 bits per heavy atom. The van der Waals surface area contributed by atoms with Crippen LogP contribution in [0.1, 0.15) is 30.1 Å². The van der Waals surface area contributed by atoms with Crippen LogP contribution in [0.2, 0.25) is 0 Å². The fourth-order valence-electron chi connectivity index (χ4n) is 4.33. The molecule has 7 nitrogen and oxygen atoms in total. The molecule has 0 amide bonds. The maximum Gasteiger partial charge on any atom is 0.316 e. The molecule has 5 rings (SSSR count). The third kappa shape index (κ3) is 3.11. The van der Waals surface area contributed by atoms with E-state index in [-0.39, 0.29) is 0 Å². The minimum absolute atomic E-state index is 0.447. The molecule has 4 heterocycles. The monoisotopic (exact) mass is 352 g/mol. The summed E-state index contributed by atoms with van der Waals surface area (Å²) in [5.74, 6) is 3.21. The first-order valence-corrected chi connectivity index (χ1v) is 9.43. The van der Waals surface area contributed by atoms with Gasteiger partial charge in [-0.1, -0.05) is 0 Å². The minimum atomic E-state index is 0.447. The third-order valence-electron chi connectivity index (χ3n) is 5.81. The molecule has 2 aromatic rings. The highest BCUT2D eigenvalue weighted by molar-refractivity contribution is 5.42. The second kappa shape index (κ2) is 6.46. The average Bonchev–Trinajstić information content (AvgIpc) is 3.35. The molecule has 2 atom stereocenters. The number of hydrogen-bond donors (Lipinski definition) is 0. The number of methoxy groups -OCH3 is 1. The first kappa shape index (κ1) is 15.9. The third-order valence-corrected chi connectivity index (χ3v) is 5.81. The van der Waals surface area contributed by atoms with Gasteiger partial charge < -0.3 is 9.64 Å². The summed E-state index contributed by atoms with van der Waals surface area (Å²) in [6.07, 6.45) is 6.08. The summed E-state index contributed by atoms with van der Waals surface area (Å²) >= 11 is 0. The number of hydrogen-bond acceptors (Lipinski definition) is 7. The molecular weight excluding hydrogens is 328 g/mol. The zero-order valence-electron chi connectivity index (χ0n) is 15.1. The molecule has 26 heavy (non-hydrogen) atoms. The van der Waals surface area contributed by atoms with Gasteiger partial charge in [-0.05, 0) is 30.7 Å². The van der Waals surface area contributed by atoms with E-state index in [4.69, 9.17) is 4.74 Å². The largest absolute Gasteiger partial charge is 0.467 e. The summed E-state index contributed by atoms with van der Waals surface area (Å²) in [6, 6.07) is 4.63. The van der Waals surface area contributed by atoms with E-state index in [0.29, 0.717) is 23.8 Å². The van der Waals surface area contributed by atoms with E-state index in [1.165, 1.54) is 18.5 Å². The lowest BCUT2D eigenvalue weighted by molar-refractivity contribution is 0.301. The molecule has 1 saturated carbocycles. The Morgan fingerprint density at radius 2 is 1.88 bits per heavy atom. The maximum absolute atomic E-state index is 5.13. The van der Waals surface area contributed by atoms with Crippen molar-refractivity contribution in [1.29, 1.82) is 0 Å². The molecule has 0 N–H and O–H groups in total. The number of rotatable bonds is 5. The van der Waals surface area contributed by atoms with E-state index in [0.717, 1.165) is 44.2 Å². The van der Waals surface area contributed by atoms with Crippen LogP contribution in [0.5, 0.6) is 6.01 Å². The number of fused-ring (bicyclic) bond motifs is 1. The number of nitrogens with zero attached hydrogens (tertiary/aromatic N) is 6. The van der Waals surface area contributed by atoms with Crippen molar-refractivity contribution < 1.29 is 4.74 Å². The van der Waals surface area contributed by atoms with Crippen LogP contribution in [0.4, 0.5) is 5.82 Å². The summed E-state index contributed by atoms with van der Waals surface area (Å²) in [5, 5.41) is 0. The van der Waals surface area contributed by atoms with Crippen molar-refractivity contribution >= 4 is 5.82 Å². The molecule has 2 aromatic heterocycles. The van der Waals surface area contributed by atoms with Crippen LogP contribution in [-0.2, 0) is 6.54 Å². The Kier molecular flexibility index (Phi) is 3.96. The van der Waals surface area contributed by atoms with Crippen molar-refractivity contribution in [2.24, 2.45) is 11.8 Å². The fourth-order valence-corrected chi connectivity index (χ4v) is 4.33. The van der Waals surface area contributed by atoms with E-state index >= 15 is 0 Å². The Morgan fingerprint density at radius 3 is 2.62 bits per heavy atom. The van der Waals surface area contributed by atoms with Crippen molar-refractivity contribution in [1.82, 2.24) is 24.8 Å². The predicted molar refractivity (Wildman–Crippen MR) is 97.1 cm³/mol. The first-order valence-electron chi connectivity index (χ1n) is 9.43. The molecule has 7 heteroatoms. The van der Waals surface area contributed by atoms with Gasteiger partial charge in [-0.2, -0.15) is 4.98 Å². The number of ether oxygens (including phenoxy) is 1. The summed E-state index contributed by atoms with van der Waals surface area (Å²) in [4.78, 5) is 22.5. The molecule has 0 bridgehead atoms. The zero-order valence-corrected chi connectivity index (χ0v) is 15.1. The molecule has 136 valence electrons. The molecule has 3 aliphatic rings. The van der Waals surface area contributed by atoms with Crippen molar-refractivity contribution in [3.8, 4) is 6.01 Å². The Hall–Kier alpha value is -2.28. The molecule has 0 aromatic carbocycles. The molecule has 1 aliphatic carbocycles. The van der Waals surface area contributed by atoms with Crippen molar-refractivity contribution in [3.05, 3.63) is 36.0 Å². The van der Waals surface area contributed by atoms with Crippen molar-refractivity contribution in [2.45, 2.75) is 25.3 Å². The van der Waals surface area contributed by atoms with Gasteiger partial charge in [0.2, 0.25) is 0 Å². The van der Waals surface area contributed by atoms with Crippen molar-refractivity contribution in [3.63, 3.8) is 0 Å². The highest BCUT2D eigenvalue weighted by Gasteiger charge is 2.40. The van der Waals surface area contributed by atoms with Gasteiger partial charge in [0, 0.05) is 56.6 Å². The van der Waals surface area contributed by atoms with Crippen LogP contribution in [0.25, 0.3) is 0 Å². The molecule has 2 saturated heterocycles. The summed E-state index contributed by atoms with van der Waals surface area (Å²) < 4.78 is 5.13.